The molecule has 1 unspecified atom stereocenters. The number of anilines is 1. The van der Waals surface area contributed by atoms with Crippen LogP contribution in [0, 0.1) is 12.8 Å². The van der Waals surface area contributed by atoms with Gasteiger partial charge in [-0.15, -0.1) is 11.3 Å². The Morgan fingerprint density at radius 2 is 1.94 bits per heavy atom. The SMILES string of the molecule is Cc1c(N(CCC2CC2)S(=O)(=O)c2ccc(C3=NOS(=O)N3)cc2)sc2ccccc12. The van der Waals surface area contributed by atoms with Crippen molar-refractivity contribution in [3.8, 4) is 0 Å². The third-order valence-electron chi connectivity index (χ3n) is 5.57. The molecule has 3 aromatic rings. The topological polar surface area (TPSA) is 88.1 Å². The summed E-state index contributed by atoms with van der Waals surface area (Å²) in [6, 6.07) is 14.4. The lowest BCUT2D eigenvalue weighted by Gasteiger charge is -2.24. The van der Waals surface area contributed by atoms with Gasteiger partial charge in [0.25, 0.3) is 10.0 Å². The molecule has 162 valence electrons. The average molecular weight is 476 g/mol. The maximum Gasteiger partial charge on any atom is 0.338 e. The fraction of sp³-hybridized carbons (Fsp3) is 0.286. The number of hydrogen-bond donors (Lipinski definition) is 1. The van der Waals surface area contributed by atoms with E-state index in [1.165, 1.54) is 24.2 Å². The van der Waals surface area contributed by atoms with Gasteiger partial charge < -0.3 is 0 Å². The summed E-state index contributed by atoms with van der Waals surface area (Å²) in [6.07, 6.45) is 3.20. The second-order valence-corrected chi connectivity index (χ2v) is 11.4. The van der Waals surface area contributed by atoms with E-state index >= 15 is 0 Å². The Hall–Kier alpha value is -2.43. The van der Waals surface area contributed by atoms with Crippen LogP contribution in [0.25, 0.3) is 10.1 Å². The number of hydrogen-bond acceptors (Lipinski definition) is 6. The quantitative estimate of drug-likeness (QED) is 0.558. The molecule has 0 spiro atoms. The maximum atomic E-state index is 13.7. The summed E-state index contributed by atoms with van der Waals surface area (Å²) in [6.45, 7) is 2.45. The molecule has 31 heavy (non-hydrogen) atoms. The molecule has 7 nitrogen and oxygen atoms in total. The first-order valence-electron chi connectivity index (χ1n) is 9.99. The molecule has 1 saturated carbocycles. The zero-order chi connectivity index (χ0) is 21.6. The molecule has 1 fully saturated rings. The van der Waals surface area contributed by atoms with Crippen LogP contribution in [0.1, 0.15) is 30.4 Å². The molecule has 1 aliphatic carbocycles. The highest BCUT2D eigenvalue weighted by Crippen LogP contribution is 2.41. The van der Waals surface area contributed by atoms with Crippen molar-refractivity contribution in [1.82, 2.24) is 4.72 Å². The van der Waals surface area contributed by atoms with Crippen molar-refractivity contribution >= 4 is 53.5 Å². The number of nitrogens with zero attached hydrogens (tertiary/aromatic N) is 2. The first-order valence-corrected chi connectivity index (χ1v) is 13.3. The van der Waals surface area contributed by atoms with Gasteiger partial charge in [0.1, 0.15) is 5.00 Å². The predicted molar refractivity (Wildman–Crippen MR) is 124 cm³/mol. The molecule has 1 aliphatic heterocycles. The number of sulfonamides is 1. The second-order valence-electron chi connectivity index (χ2n) is 7.71. The lowest BCUT2D eigenvalue weighted by molar-refractivity contribution is 0.385. The van der Waals surface area contributed by atoms with Gasteiger partial charge in [-0.2, -0.15) is 4.21 Å². The zero-order valence-corrected chi connectivity index (χ0v) is 19.2. The zero-order valence-electron chi connectivity index (χ0n) is 16.8. The van der Waals surface area contributed by atoms with Gasteiger partial charge in [-0.05, 0) is 65.7 Å². The van der Waals surface area contributed by atoms with Crippen molar-refractivity contribution < 1.29 is 16.9 Å². The Labute approximate surface area is 187 Å². The van der Waals surface area contributed by atoms with E-state index in [0.29, 0.717) is 23.9 Å². The summed E-state index contributed by atoms with van der Waals surface area (Å²) in [4.78, 5) is 0.213. The van der Waals surface area contributed by atoms with Gasteiger partial charge in [-0.25, -0.2) is 8.42 Å². The fourth-order valence-corrected chi connectivity index (χ4v) is 7.12. The Kier molecular flexibility index (Phi) is 5.23. The minimum atomic E-state index is -3.75. The van der Waals surface area contributed by atoms with Crippen LogP contribution in [-0.2, 0) is 25.6 Å². The van der Waals surface area contributed by atoms with Crippen LogP contribution in [-0.4, -0.2) is 25.0 Å². The van der Waals surface area contributed by atoms with Crippen LogP contribution >= 0.6 is 11.3 Å². The summed E-state index contributed by atoms with van der Waals surface area (Å²) < 4.78 is 48.6. The molecular weight excluding hydrogens is 454 g/mol. The van der Waals surface area contributed by atoms with Gasteiger partial charge >= 0.3 is 11.3 Å². The maximum absolute atomic E-state index is 13.7. The van der Waals surface area contributed by atoms with Crippen LogP contribution in [0.5, 0.6) is 0 Å². The van der Waals surface area contributed by atoms with Crippen molar-refractivity contribution in [2.24, 2.45) is 11.1 Å². The summed E-state index contributed by atoms with van der Waals surface area (Å²) in [5.74, 6) is 0.926. The van der Waals surface area contributed by atoms with E-state index in [1.54, 1.807) is 28.6 Å². The van der Waals surface area contributed by atoms with Crippen LogP contribution < -0.4 is 9.03 Å². The van der Waals surface area contributed by atoms with Gasteiger partial charge in [-0.1, -0.05) is 31.0 Å². The lowest BCUT2D eigenvalue weighted by Crippen LogP contribution is -2.32. The van der Waals surface area contributed by atoms with Crippen molar-refractivity contribution in [3.05, 3.63) is 59.7 Å². The van der Waals surface area contributed by atoms with Crippen molar-refractivity contribution in [2.75, 3.05) is 10.8 Å². The molecule has 0 amide bonds. The van der Waals surface area contributed by atoms with Crippen LogP contribution in [0.2, 0.25) is 0 Å². The fourth-order valence-electron chi connectivity index (χ4n) is 3.65. The smallest absolute Gasteiger partial charge is 0.269 e. The molecule has 1 N–H and O–H groups in total. The van der Waals surface area contributed by atoms with Gasteiger partial charge in [0.05, 0.1) is 4.90 Å². The van der Waals surface area contributed by atoms with E-state index in [0.717, 1.165) is 27.1 Å². The Balaban J connectivity index is 1.51. The van der Waals surface area contributed by atoms with Crippen molar-refractivity contribution in [2.45, 2.75) is 31.1 Å². The number of nitrogens with one attached hydrogen (secondary N) is 1. The highest BCUT2D eigenvalue weighted by atomic mass is 32.2. The molecule has 5 rings (SSSR count). The summed E-state index contributed by atoms with van der Waals surface area (Å²) >= 11 is -0.182. The minimum absolute atomic E-state index is 0.213. The van der Waals surface area contributed by atoms with E-state index in [-0.39, 0.29) is 4.90 Å². The number of aryl methyl sites for hydroxylation is 1. The highest BCUT2D eigenvalue weighted by molar-refractivity contribution is 7.93. The normalized spacial score (nSPS) is 18.5. The Bertz CT molecular complexity index is 1300. The lowest BCUT2D eigenvalue weighted by atomic mass is 10.2. The summed E-state index contributed by atoms with van der Waals surface area (Å²) in [7, 11) is -3.75. The largest absolute Gasteiger partial charge is 0.338 e. The van der Waals surface area contributed by atoms with E-state index < -0.39 is 21.3 Å². The molecule has 0 saturated heterocycles. The highest BCUT2D eigenvalue weighted by Gasteiger charge is 2.31. The van der Waals surface area contributed by atoms with Gasteiger partial charge in [0, 0.05) is 16.8 Å². The van der Waals surface area contributed by atoms with Gasteiger partial charge in [0.15, 0.2) is 5.84 Å². The van der Waals surface area contributed by atoms with Crippen molar-refractivity contribution in [1.29, 1.82) is 0 Å². The van der Waals surface area contributed by atoms with Crippen LogP contribution in [0.15, 0.2) is 58.6 Å². The third kappa shape index (κ3) is 3.95. The van der Waals surface area contributed by atoms with Gasteiger partial charge in [0.2, 0.25) is 0 Å². The molecule has 0 bridgehead atoms. The molecule has 2 heterocycles. The van der Waals surface area contributed by atoms with Gasteiger partial charge in [-0.3, -0.25) is 13.3 Å². The average Bonchev–Trinajstić information content (AvgIpc) is 3.41. The summed E-state index contributed by atoms with van der Waals surface area (Å²) in [5.41, 5.74) is 1.59. The van der Waals surface area contributed by atoms with Crippen molar-refractivity contribution in [3.63, 3.8) is 0 Å². The number of amidine groups is 1. The number of fused-ring (bicyclic) bond motifs is 1. The van der Waals surface area contributed by atoms with E-state index in [2.05, 4.69) is 14.2 Å². The molecule has 0 radical (unpaired) electrons. The predicted octanol–water partition coefficient (Wildman–Crippen LogP) is 4.07. The first-order chi connectivity index (χ1) is 14.9. The molecule has 2 aliphatic rings. The molecule has 2 aromatic carbocycles. The standard InChI is InChI=1S/C21H21N3O4S3/c1-14-18-4-2-3-5-19(18)29-21(14)24(13-12-15-6-7-15)31(26,27)17-10-8-16(9-11-17)20-22-28-30(25)23-20/h2-5,8-11,15H,6-7,12-13H2,1H3,(H,22,23). The van der Waals surface area contributed by atoms with E-state index in [4.69, 9.17) is 0 Å². The molecule has 1 atom stereocenters. The van der Waals surface area contributed by atoms with Crippen LogP contribution in [0.4, 0.5) is 5.00 Å². The molecular formula is C21H21N3O4S3. The monoisotopic (exact) mass is 475 g/mol. The van der Waals surface area contributed by atoms with Crippen LogP contribution in [0.3, 0.4) is 0 Å². The molecule has 1 aromatic heterocycles. The number of thiophene rings is 1. The number of benzene rings is 2. The van der Waals surface area contributed by atoms with E-state index in [9.17, 15) is 12.6 Å². The van der Waals surface area contributed by atoms with E-state index in [1.807, 2.05) is 31.2 Å². The Morgan fingerprint density at radius 1 is 1.19 bits per heavy atom. The second kappa shape index (κ2) is 7.92. The number of rotatable bonds is 7. The summed E-state index contributed by atoms with van der Waals surface area (Å²) in [5, 5.41) is 5.56. The Morgan fingerprint density at radius 3 is 2.58 bits per heavy atom. The minimum Gasteiger partial charge on any atom is -0.269 e. The number of oxime groups is 1. The molecule has 10 heteroatoms. The first kappa shape index (κ1) is 20.5. The third-order valence-corrected chi connectivity index (χ3v) is 9.37.